The maximum atomic E-state index is 12.5. The number of carbonyl (C=O) groups excluding carboxylic acids is 1. The van der Waals surface area contributed by atoms with Gasteiger partial charge in [-0.25, -0.2) is 24.6 Å². The Balaban J connectivity index is 1.25. The second-order valence-electron chi connectivity index (χ2n) is 8.97. The number of benzene rings is 1. The zero-order valence-corrected chi connectivity index (χ0v) is 20.6. The van der Waals surface area contributed by atoms with E-state index in [9.17, 15) is 18.0 Å². The Morgan fingerprint density at radius 3 is 2.55 bits per heavy atom. The molecule has 1 aromatic carbocycles. The first-order valence-corrected chi connectivity index (χ1v) is 12.0. The number of imidazole rings is 1. The molecule has 0 aliphatic carbocycles. The fourth-order valence-electron chi connectivity index (χ4n) is 4.36. The van der Waals surface area contributed by atoms with E-state index >= 15 is 0 Å². The topological polar surface area (TPSA) is 104 Å². The zero-order chi connectivity index (χ0) is 26.7. The summed E-state index contributed by atoms with van der Waals surface area (Å²) < 4.78 is 39.4. The summed E-state index contributed by atoms with van der Waals surface area (Å²) in [5, 5.41) is 3.01. The van der Waals surface area contributed by atoms with Gasteiger partial charge >= 0.3 is 6.18 Å². The minimum Gasteiger partial charge on any atom is -0.373 e. The number of rotatable bonds is 7. The monoisotopic (exact) mass is 525 g/mol. The Bertz CT molecular complexity index is 1430. The number of aromatic nitrogens is 5. The number of hydrogen-bond donors (Lipinski definition) is 2. The van der Waals surface area contributed by atoms with Crippen molar-refractivity contribution in [2.45, 2.75) is 19.1 Å². The molecule has 0 bridgehead atoms. The molecule has 0 unspecified atom stereocenters. The zero-order valence-electron chi connectivity index (χ0n) is 20.6. The van der Waals surface area contributed by atoms with E-state index in [0.717, 1.165) is 33.7 Å². The van der Waals surface area contributed by atoms with Crippen LogP contribution in [0.15, 0.2) is 55.2 Å². The first kappa shape index (κ1) is 25.4. The van der Waals surface area contributed by atoms with E-state index in [2.05, 4.69) is 35.6 Å². The van der Waals surface area contributed by atoms with Gasteiger partial charge in [0.05, 0.1) is 16.7 Å². The van der Waals surface area contributed by atoms with Crippen LogP contribution >= 0.6 is 0 Å². The van der Waals surface area contributed by atoms with E-state index in [-0.39, 0.29) is 13.1 Å². The molecule has 0 saturated carbocycles. The Labute approximate surface area is 216 Å². The fraction of sp³-hybridized carbons (Fsp3) is 0.320. The van der Waals surface area contributed by atoms with E-state index in [1.165, 1.54) is 11.2 Å². The van der Waals surface area contributed by atoms with Crippen molar-refractivity contribution in [1.29, 1.82) is 0 Å². The number of nitrogens with one attached hydrogen (secondary N) is 2. The maximum Gasteiger partial charge on any atom is 0.397 e. The van der Waals surface area contributed by atoms with Crippen molar-refractivity contribution in [2.24, 2.45) is 0 Å². The molecule has 13 heteroatoms. The van der Waals surface area contributed by atoms with E-state index in [0.29, 0.717) is 25.5 Å². The molecule has 4 aromatic rings. The van der Waals surface area contributed by atoms with Crippen molar-refractivity contribution in [3.8, 4) is 11.3 Å². The molecule has 1 saturated heterocycles. The Morgan fingerprint density at radius 2 is 1.79 bits per heavy atom. The average Bonchev–Trinajstić information content (AvgIpc) is 3.30. The minimum atomic E-state index is -4.48. The van der Waals surface area contributed by atoms with Gasteiger partial charge in [-0.2, -0.15) is 13.2 Å². The standard InChI is InChI=1S/C25H26F3N9O/c1-29-22-12-20(31-15-32-22)18-2-3-19-21(11-18)37(16-33-19)34-23-10-17(4-5-30-23)14-35-6-8-36(9-7-35)24(38)13-25(26,27)28/h2-5,10-12,15-16H,6-9,13-14H2,1H3,(H,30,34)(H,29,31,32). The number of carbonyl (C=O) groups is 1. The molecule has 5 rings (SSSR count). The predicted octanol–water partition coefficient (Wildman–Crippen LogP) is 3.40. The van der Waals surface area contributed by atoms with Gasteiger partial charge in [0, 0.05) is 57.6 Å². The number of nitrogens with zero attached hydrogens (tertiary/aromatic N) is 7. The molecule has 4 heterocycles. The van der Waals surface area contributed by atoms with Gasteiger partial charge in [0.1, 0.15) is 30.7 Å². The summed E-state index contributed by atoms with van der Waals surface area (Å²) in [5.74, 6) is 0.466. The molecule has 3 aromatic heterocycles. The molecule has 0 radical (unpaired) electrons. The summed E-state index contributed by atoms with van der Waals surface area (Å²) in [4.78, 5) is 32.7. The molecule has 0 atom stereocenters. The van der Waals surface area contributed by atoms with Crippen LogP contribution in [0.2, 0.25) is 0 Å². The SMILES string of the molecule is CNc1cc(-c2ccc3ncn(Nc4cc(CN5CCN(C(=O)CC(F)(F)F)CC5)ccn4)c3c2)ncn1. The van der Waals surface area contributed by atoms with Crippen LogP contribution in [-0.4, -0.2) is 79.7 Å². The summed E-state index contributed by atoms with van der Waals surface area (Å²) in [5.41, 5.74) is 7.60. The van der Waals surface area contributed by atoms with E-state index in [4.69, 9.17) is 0 Å². The third kappa shape index (κ3) is 5.99. The molecule has 2 N–H and O–H groups in total. The lowest BCUT2D eigenvalue weighted by atomic mass is 10.1. The normalized spacial score (nSPS) is 14.6. The lowest BCUT2D eigenvalue weighted by molar-refractivity contribution is -0.162. The molecule has 0 spiro atoms. The van der Waals surface area contributed by atoms with Gasteiger partial charge in [-0.15, -0.1) is 0 Å². The first-order valence-electron chi connectivity index (χ1n) is 12.0. The molecule has 38 heavy (non-hydrogen) atoms. The molecule has 10 nitrogen and oxygen atoms in total. The van der Waals surface area contributed by atoms with Crippen LogP contribution in [0.25, 0.3) is 22.3 Å². The second kappa shape index (κ2) is 10.6. The van der Waals surface area contributed by atoms with Crippen LogP contribution < -0.4 is 10.7 Å². The van der Waals surface area contributed by atoms with Crippen LogP contribution in [0, 0.1) is 0 Å². The molecule has 1 amide bonds. The third-order valence-electron chi connectivity index (χ3n) is 6.31. The highest BCUT2D eigenvalue weighted by Crippen LogP contribution is 2.24. The number of fused-ring (bicyclic) bond motifs is 1. The van der Waals surface area contributed by atoms with Gasteiger partial charge in [0.2, 0.25) is 5.91 Å². The average molecular weight is 526 g/mol. The highest BCUT2D eigenvalue weighted by atomic mass is 19.4. The molecule has 1 fully saturated rings. The lowest BCUT2D eigenvalue weighted by Gasteiger charge is -2.35. The Morgan fingerprint density at radius 1 is 0.974 bits per heavy atom. The van der Waals surface area contributed by atoms with Crippen LogP contribution in [0.1, 0.15) is 12.0 Å². The van der Waals surface area contributed by atoms with E-state index < -0.39 is 18.5 Å². The van der Waals surface area contributed by atoms with Gasteiger partial charge in [-0.05, 0) is 29.8 Å². The third-order valence-corrected chi connectivity index (χ3v) is 6.31. The number of hydrogen-bond acceptors (Lipinski definition) is 8. The Hall–Kier alpha value is -4.26. The van der Waals surface area contributed by atoms with E-state index in [1.807, 2.05) is 36.4 Å². The summed E-state index contributed by atoms with van der Waals surface area (Å²) >= 11 is 0. The summed E-state index contributed by atoms with van der Waals surface area (Å²) in [6.45, 7) is 2.14. The number of pyridine rings is 1. The second-order valence-corrected chi connectivity index (χ2v) is 8.97. The van der Waals surface area contributed by atoms with Gasteiger partial charge in [-0.1, -0.05) is 6.07 Å². The predicted molar refractivity (Wildman–Crippen MR) is 136 cm³/mol. The molecule has 198 valence electrons. The van der Waals surface area contributed by atoms with Crippen LogP contribution in [0.4, 0.5) is 24.8 Å². The van der Waals surface area contributed by atoms with Gasteiger partial charge in [-0.3, -0.25) is 15.1 Å². The lowest BCUT2D eigenvalue weighted by Crippen LogP contribution is -2.49. The smallest absolute Gasteiger partial charge is 0.373 e. The number of alkyl halides is 3. The number of amides is 1. The highest BCUT2D eigenvalue weighted by molar-refractivity contribution is 5.82. The number of piperazine rings is 1. The van der Waals surface area contributed by atoms with Crippen LogP contribution in [0.3, 0.4) is 0 Å². The van der Waals surface area contributed by atoms with Crippen LogP contribution in [-0.2, 0) is 11.3 Å². The first-order chi connectivity index (χ1) is 18.3. The van der Waals surface area contributed by atoms with Gasteiger partial charge in [0.25, 0.3) is 0 Å². The van der Waals surface area contributed by atoms with Crippen molar-refractivity contribution in [1.82, 2.24) is 34.4 Å². The molecule has 1 aliphatic rings. The van der Waals surface area contributed by atoms with Crippen molar-refractivity contribution in [3.05, 3.63) is 60.8 Å². The summed E-state index contributed by atoms with van der Waals surface area (Å²) in [6.07, 6.45) is -1.00. The molecular weight excluding hydrogens is 499 g/mol. The fourth-order valence-corrected chi connectivity index (χ4v) is 4.36. The van der Waals surface area contributed by atoms with E-state index in [1.54, 1.807) is 24.2 Å². The number of halogens is 3. The maximum absolute atomic E-state index is 12.5. The highest BCUT2D eigenvalue weighted by Gasteiger charge is 2.34. The van der Waals surface area contributed by atoms with Gasteiger partial charge < -0.3 is 10.2 Å². The number of anilines is 2. The summed E-state index contributed by atoms with van der Waals surface area (Å²) in [7, 11) is 1.80. The quantitative estimate of drug-likeness (QED) is 0.379. The molecule has 1 aliphatic heterocycles. The van der Waals surface area contributed by atoms with Crippen molar-refractivity contribution in [2.75, 3.05) is 44.0 Å². The van der Waals surface area contributed by atoms with Crippen molar-refractivity contribution < 1.29 is 18.0 Å². The van der Waals surface area contributed by atoms with Gasteiger partial charge in [0.15, 0.2) is 0 Å². The van der Waals surface area contributed by atoms with Crippen LogP contribution in [0.5, 0.6) is 0 Å². The molecular formula is C25H26F3N9O. The summed E-state index contributed by atoms with van der Waals surface area (Å²) in [6, 6.07) is 11.5. The minimum absolute atomic E-state index is 0.274. The van der Waals surface area contributed by atoms with Crippen molar-refractivity contribution in [3.63, 3.8) is 0 Å². The largest absolute Gasteiger partial charge is 0.397 e. The van der Waals surface area contributed by atoms with Crippen molar-refractivity contribution >= 4 is 28.6 Å². The Kier molecular flexibility index (Phi) is 7.09.